The van der Waals surface area contributed by atoms with Crippen LogP contribution in [0.15, 0.2) is 82.1 Å². The molecule has 0 radical (unpaired) electrons. The van der Waals surface area contributed by atoms with Gasteiger partial charge in [0, 0.05) is 46.6 Å². The molecule has 6 rings (SSSR count). The number of para-hydroxylation sites is 1. The largest absolute Gasteiger partial charge is 0.423 e. The minimum Gasteiger partial charge on any atom is -0.423 e. The molecule has 5 heteroatoms. The van der Waals surface area contributed by atoms with E-state index in [9.17, 15) is 9.59 Å². The van der Waals surface area contributed by atoms with Crippen molar-refractivity contribution in [3.8, 4) is 0 Å². The van der Waals surface area contributed by atoms with Gasteiger partial charge in [0.2, 0.25) is 0 Å². The molecule has 1 aliphatic carbocycles. The van der Waals surface area contributed by atoms with Crippen molar-refractivity contribution in [2.45, 2.75) is 32.1 Å². The molecule has 0 amide bonds. The monoisotopic (exact) mass is 448 g/mol. The maximum absolute atomic E-state index is 13.8. The van der Waals surface area contributed by atoms with E-state index in [1.54, 1.807) is 6.20 Å². The van der Waals surface area contributed by atoms with Crippen LogP contribution in [0.5, 0.6) is 0 Å². The Morgan fingerprint density at radius 3 is 2.76 bits per heavy atom. The first-order valence-electron chi connectivity index (χ1n) is 11.6. The van der Waals surface area contributed by atoms with Crippen molar-refractivity contribution in [1.82, 2.24) is 9.97 Å². The zero-order valence-corrected chi connectivity index (χ0v) is 18.9. The topological polar surface area (TPSA) is 76.0 Å². The fourth-order valence-corrected chi connectivity index (χ4v) is 5.49. The third kappa shape index (κ3) is 3.45. The van der Waals surface area contributed by atoms with E-state index in [1.807, 2.05) is 49.4 Å². The predicted octanol–water partition coefficient (Wildman–Crippen LogP) is 5.48. The molecule has 0 spiro atoms. The molecule has 3 heterocycles. The van der Waals surface area contributed by atoms with Crippen LogP contribution >= 0.6 is 0 Å². The number of hydrogen-bond acceptors (Lipinski definition) is 4. The van der Waals surface area contributed by atoms with Gasteiger partial charge in [-0.3, -0.25) is 9.78 Å². The number of aromatic nitrogens is 2. The molecule has 1 unspecified atom stereocenters. The Hall–Kier alpha value is -3.99. The lowest BCUT2D eigenvalue weighted by Gasteiger charge is -2.30. The number of nitrogens with zero attached hydrogens (tertiary/aromatic N) is 1. The number of nitrogens with one attached hydrogen (secondary N) is 1. The number of carbonyl (C=O) groups is 1. The van der Waals surface area contributed by atoms with Gasteiger partial charge in [-0.1, -0.05) is 36.4 Å². The fourth-order valence-electron chi connectivity index (χ4n) is 5.49. The number of rotatable bonds is 4. The van der Waals surface area contributed by atoms with Crippen LogP contribution in [0.4, 0.5) is 0 Å². The van der Waals surface area contributed by atoms with Crippen LogP contribution in [0.25, 0.3) is 21.9 Å². The molecular weight excluding hydrogens is 424 g/mol. The molecule has 5 aromatic rings. The average molecular weight is 449 g/mol. The second kappa shape index (κ2) is 8.10. The van der Waals surface area contributed by atoms with Crippen LogP contribution in [0.3, 0.4) is 0 Å². The molecule has 0 saturated heterocycles. The fraction of sp³-hybridized carbons (Fsp3) is 0.207. The Kier molecular flexibility index (Phi) is 4.91. The number of fused-ring (bicyclic) bond motifs is 4. The lowest BCUT2D eigenvalue weighted by atomic mass is 9.73. The molecule has 5 nitrogen and oxygen atoms in total. The number of Topliss-reactive ketones (excluding diaryl/α,β-unsaturated/α-hetero) is 1. The molecule has 2 atom stereocenters. The summed E-state index contributed by atoms with van der Waals surface area (Å²) in [5.74, 6) is -0.269. The standard InChI is InChI=1S/C29H24N2O3/c1-17-9-10-19-18(16-27(33)34-26(19)14-17)15-25(32)22-12-11-21-20-6-2-3-7-23(20)31-29(21)28(22)24-8-4-5-13-30-24/h2-10,13-14,16,22,28,31H,11-12,15H2,1H3/t22?,28-/m1/s1. The van der Waals surface area contributed by atoms with Gasteiger partial charge in [0.15, 0.2) is 0 Å². The Labute approximate surface area is 196 Å². The normalized spacial score (nSPS) is 17.7. The first kappa shape index (κ1) is 20.6. The maximum atomic E-state index is 13.8. The van der Waals surface area contributed by atoms with Crippen molar-refractivity contribution in [2.24, 2.45) is 5.92 Å². The summed E-state index contributed by atoms with van der Waals surface area (Å²) >= 11 is 0. The quantitative estimate of drug-likeness (QED) is 0.369. The Morgan fingerprint density at radius 2 is 1.91 bits per heavy atom. The lowest BCUT2D eigenvalue weighted by Crippen LogP contribution is -2.30. The highest BCUT2D eigenvalue weighted by molar-refractivity contribution is 5.92. The van der Waals surface area contributed by atoms with Gasteiger partial charge in [0.25, 0.3) is 0 Å². The predicted molar refractivity (Wildman–Crippen MR) is 132 cm³/mol. The molecule has 3 aromatic heterocycles. The van der Waals surface area contributed by atoms with E-state index in [2.05, 4.69) is 28.2 Å². The van der Waals surface area contributed by atoms with Gasteiger partial charge >= 0.3 is 5.63 Å². The van der Waals surface area contributed by atoms with Crippen LogP contribution in [0, 0.1) is 12.8 Å². The highest BCUT2D eigenvalue weighted by atomic mass is 16.4. The summed E-state index contributed by atoms with van der Waals surface area (Å²) in [5.41, 5.74) is 6.16. The summed E-state index contributed by atoms with van der Waals surface area (Å²) in [5, 5.41) is 2.03. The number of ketones is 1. The van der Waals surface area contributed by atoms with Gasteiger partial charge in [-0.15, -0.1) is 0 Å². The van der Waals surface area contributed by atoms with Gasteiger partial charge < -0.3 is 9.40 Å². The summed E-state index contributed by atoms with van der Waals surface area (Å²) in [6.07, 6.45) is 3.55. The Morgan fingerprint density at radius 1 is 1.06 bits per heavy atom. The number of benzene rings is 2. The first-order chi connectivity index (χ1) is 16.6. The van der Waals surface area contributed by atoms with Crippen LogP contribution in [-0.4, -0.2) is 15.8 Å². The van der Waals surface area contributed by atoms with E-state index < -0.39 is 5.63 Å². The SMILES string of the molecule is Cc1ccc2c(CC(=O)C3CCc4c([nH]c5ccccc45)[C@H]3c3ccccn3)cc(=O)oc2c1. The van der Waals surface area contributed by atoms with Crippen molar-refractivity contribution in [3.63, 3.8) is 0 Å². The van der Waals surface area contributed by atoms with Crippen LogP contribution < -0.4 is 5.63 Å². The Bertz CT molecular complexity index is 1600. The zero-order chi connectivity index (χ0) is 23.2. The summed E-state index contributed by atoms with van der Waals surface area (Å²) in [7, 11) is 0. The van der Waals surface area contributed by atoms with Gasteiger partial charge in [-0.2, -0.15) is 0 Å². The molecule has 0 fully saturated rings. The maximum Gasteiger partial charge on any atom is 0.336 e. The molecule has 34 heavy (non-hydrogen) atoms. The van der Waals surface area contributed by atoms with Gasteiger partial charge in [0.05, 0.1) is 11.6 Å². The molecule has 2 aromatic carbocycles. The number of aromatic amines is 1. The van der Waals surface area contributed by atoms with Crippen molar-refractivity contribution in [2.75, 3.05) is 0 Å². The number of carbonyl (C=O) groups excluding carboxylic acids is 1. The minimum atomic E-state index is -0.427. The highest BCUT2D eigenvalue weighted by Crippen LogP contribution is 2.43. The smallest absolute Gasteiger partial charge is 0.336 e. The van der Waals surface area contributed by atoms with E-state index in [-0.39, 0.29) is 24.0 Å². The second-order valence-electron chi connectivity index (χ2n) is 9.17. The summed E-state index contributed by atoms with van der Waals surface area (Å²) < 4.78 is 5.40. The molecule has 0 saturated carbocycles. The number of H-pyrrole nitrogens is 1. The molecule has 0 bridgehead atoms. The van der Waals surface area contributed by atoms with Crippen molar-refractivity contribution >= 4 is 27.7 Å². The Balaban J connectivity index is 1.43. The van der Waals surface area contributed by atoms with Gasteiger partial charge in [-0.25, -0.2) is 4.79 Å². The van der Waals surface area contributed by atoms with Crippen molar-refractivity contribution in [1.29, 1.82) is 0 Å². The number of pyridine rings is 1. The van der Waals surface area contributed by atoms with E-state index in [4.69, 9.17) is 4.42 Å². The molecule has 0 aliphatic heterocycles. The summed E-state index contributed by atoms with van der Waals surface area (Å²) in [6, 6.07) is 21.4. The van der Waals surface area contributed by atoms with Gasteiger partial charge in [-0.05, 0) is 60.7 Å². The van der Waals surface area contributed by atoms with Crippen molar-refractivity contribution in [3.05, 3.63) is 111 Å². The highest BCUT2D eigenvalue weighted by Gasteiger charge is 2.38. The molecule has 1 N–H and O–H groups in total. The van der Waals surface area contributed by atoms with Crippen LogP contribution in [0.1, 0.15) is 40.4 Å². The van der Waals surface area contributed by atoms with E-state index in [0.29, 0.717) is 5.58 Å². The third-order valence-electron chi connectivity index (χ3n) is 7.04. The average Bonchev–Trinajstić information content (AvgIpc) is 3.22. The van der Waals surface area contributed by atoms with E-state index in [0.717, 1.165) is 46.3 Å². The molecule has 168 valence electrons. The first-order valence-corrected chi connectivity index (χ1v) is 11.6. The third-order valence-corrected chi connectivity index (χ3v) is 7.04. The van der Waals surface area contributed by atoms with Crippen LogP contribution in [-0.2, 0) is 17.6 Å². The molecular formula is C29H24N2O3. The van der Waals surface area contributed by atoms with E-state index in [1.165, 1.54) is 17.0 Å². The second-order valence-corrected chi connectivity index (χ2v) is 9.17. The summed E-state index contributed by atoms with van der Waals surface area (Å²) in [4.78, 5) is 34.3. The zero-order valence-electron chi connectivity index (χ0n) is 18.9. The van der Waals surface area contributed by atoms with Crippen molar-refractivity contribution < 1.29 is 9.21 Å². The lowest BCUT2D eigenvalue weighted by molar-refractivity contribution is -0.123. The van der Waals surface area contributed by atoms with Crippen LogP contribution in [0.2, 0.25) is 0 Å². The summed E-state index contributed by atoms with van der Waals surface area (Å²) in [6.45, 7) is 1.95. The minimum absolute atomic E-state index is 0.118. The van der Waals surface area contributed by atoms with Gasteiger partial charge in [0.1, 0.15) is 11.4 Å². The molecule has 1 aliphatic rings. The van der Waals surface area contributed by atoms with E-state index >= 15 is 0 Å². The number of aryl methyl sites for hydroxylation is 2. The number of hydrogen-bond donors (Lipinski definition) is 1.